The Bertz CT molecular complexity index is 597. The number of hydrogen-bond acceptors (Lipinski definition) is 2. The summed E-state index contributed by atoms with van der Waals surface area (Å²) in [5.41, 5.74) is 2.71. The second-order valence-electron chi connectivity index (χ2n) is 7.70. The van der Waals surface area contributed by atoms with Gasteiger partial charge in [0, 0.05) is 18.1 Å². The number of hydrogen-bond donors (Lipinski definition) is 1. The highest BCUT2D eigenvalue weighted by Gasteiger charge is 2.33. The Labute approximate surface area is 154 Å². The van der Waals surface area contributed by atoms with E-state index in [1.54, 1.807) is 0 Å². The molecular weight excluding hydrogens is 304 g/mol. The van der Waals surface area contributed by atoms with Crippen LogP contribution in [0.25, 0.3) is 0 Å². The normalized spacial score (nSPS) is 14.5. The molecular formula is C23H34N2. The van der Waals surface area contributed by atoms with Gasteiger partial charge in [-0.15, -0.1) is 0 Å². The van der Waals surface area contributed by atoms with Crippen molar-refractivity contribution >= 4 is 0 Å². The molecule has 2 unspecified atom stereocenters. The smallest absolute Gasteiger partial charge is 0.0548 e. The minimum absolute atomic E-state index is 0.244. The van der Waals surface area contributed by atoms with Gasteiger partial charge < -0.3 is 5.32 Å². The lowest BCUT2D eigenvalue weighted by Crippen LogP contribution is -2.46. The summed E-state index contributed by atoms with van der Waals surface area (Å²) in [7, 11) is 0. The van der Waals surface area contributed by atoms with E-state index in [4.69, 9.17) is 0 Å². The van der Waals surface area contributed by atoms with Crippen molar-refractivity contribution in [2.75, 3.05) is 0 Å². The molecule has 2 heteroatoms. The van der Waals surface area contributed by atoms with E-state index in [0.717, 1.165) is 0 Å². The zero-order valence-corrected chi connectivity index (χ0v) is 16.6. The molecule has 0 radical (unpaired) electrons. The van der Waals surface area contributed by atoms with Crippen molar-refractivity contribution in [3.05, 3.63) is 71.8 Å². The Morgan fingerprint density at radius 2 is 1.08 bits per heavy atom. The van der Waals surface area contributed by atoms with E-state index in [9.17, 15) is 0 Å². The van der Waals surface area contributed by atoms with Crippen LogP contribution in [0.15, 0.2) is 60.7 Å². The standard InChI is InChI=1S/C23H34N2/c1-17(2)24-22(20-13-9-7-10-14-20)23(21-15-11-8-12-16-21)25(18(3)4)19(5)6/h7-19,22-24H,1-6H3. The first-order valence-corrected chi connectivity index (χ1v) is 9.55. The Morgan fingerprint density at radius 1 is 0.640 bits per heavy atom. The van der Waals surface area contributed by atoms with Crippen molar-refractivity contribution < 1.29 is 0 Å². The number of nitrogens with one attached hydrogen (secondary N) is 1. The summed E-state index contributed by atoms with van der Waals surface area (Å²) in [6, 6.07) is 23.7. The minimum atomic E-state index is 0.244. The van der Waals surface area contributed by atoms with Gasteiger partial charge >= 0.3 is 0 Å². The predicted molar refractivity (Wildman–Crippen MR) is 109 cm³/mol. The van der Waals surface area contributed by atoms with Gasteiger partial charge in [-0.3, -0.25) is 4.90 Å². The van der Waals surface area contributed by atoms with Crippen molar-refractivity contribution in [1.82, 2.24) is 10.2 Å². The molecule has 0 aliphatic heterocycles. The Balaban J connectivity index is 2.57. The van der Waals surface area contributed by atoms with E-state index in [-0.39, 0.29) is 12.1 Å². The molecule has 0 fully saturated rings. The maximum absolute atomic E-state index is 3.84. The zero-order valence-electron chi connectivity index (χ0n) is 16.6. The zero-order chi connectivity index (χ0) is 18.4. The van der Waals surface area contributed by atoms with Crippen molar-refractivity contribution in [1.29, 1.82) is 0 Å². The first-order chi connectivity index (χ1) is 11.9. The second kappa shape index (κ2) is 9.17. The van der Waals surface area contributed by atoms with Crippen molar-refractivity contribution in [3.63, 3.8) is 0 Å². The minimum Gasteiger partial charge on any atom is -0.306 e. The van der Waals surface area contributed by atoms with Crippen LogP contribution in [0.2, 0.25) is 0 Å². The molecule has 0 saturated carbocycles. The highest BCUT2D eigenvalue weighted by Crippen LogP contribution is 2.37. The van der Waals surface area contributed by atoms with Gasteiger partial charge in [-0.05, 0) is 38.8 Å². The van der Waals surface area contributed by atoms with E-state index < -0.39 is 0 Å². The van der Waals surface area contributed by atoms with Gasteiger partial charge in [-0.25, -0.2) is 0 Å². The van der Waals surface area contributed by atoms with Gasteiger partial charge in [0.25, 0.3) is 0 Å². The van der Waals surface area contributed by atoms with Crippen molar-refractivity contribution in [3.8, 4) is 0 Å². The third-order valence-electron chi connectivity index (χ3n) is 4.64. The maximum Gasteiger partial charge on any atom is 0.0548 e. The molecule has 1 N–H and O–H groups in total. The van der Waals surface area contributed by atoms with Crippen LogP contribution in [0.4, 0.5) is 0 Å². The molecule has 0 aliphatic rings. The fourth-order valence-electron chi connectivity index (χ4n) is 3.81. The summed E-state index contributed by atoms with van der Waals surface area (Å²) in [4.78, 5) is 2.63. The quantitative estimate of drug-likeness (QED) is 0.675. The molecule has 2 atom stereocenters. The van der Waals surface area contributed by atoms with Crippen molar-refractivity contribution in [2.45, 2.75) is 71.8 Å². The summed E-state index contributed by atoms with van der Waals surface area (Å²) in [5, 5.41) is 3.84. The van der Waals surface area contributed by atoms with Crippen molar-refractivity contribution in [2.24, 2.45) is 0 Å². The molecule has 0 amide bonds. The average Bonchev–Trinajstić information content (AvgIpc) is 2.58. The van der Waals surface area contributed by atoms with E-state index in [2.05, 4.69) is 112 Å². The first kappa shape index (κ1) is 19.7. The van der Waals surface area contributed by atoms with Crippen LogP contribution in [0.5, 0.6) is 0 Å². The molecule has 0 spiro atoms. The maximum atomic E-state index is 3.84. The molecule has 136 valence electrons. The number of rotatable bonds is 8. The van der Waals surface area contributed by atoms with Gasteiger partial charge in [0.05, 0.1) is 12.1 Å². The van der Waals surface area contributed by atoms with Gasteiger partial charge in [0.15, 0.2) is 0 Å². The van der Waals surface area contributed by atoms with Gasteiger partial charge in [0.1, 0.15) is 0 Å². The van der Waals surface area contributed by atoms with Crippen LogP contribution in [-0.4, -0.2) is 23.0 Å². The van der Waals surface area contributed by atoms with Crippen LogP contribution in [0.1, 0.15) is 64.8 Å². The molecule has 0 bridgehead atoms. The van der Waals surface area contributed by atoms with Crippen LogP contribution in [-0.2, 0) is 0 Å². The summed E-state index contributed by atoms with van der Waals surface area (Å²) in [5.74, 6) is 0. The average molecular weight is 339 g/mol. The molecule has 0 heterocycles. The van der Waals surface area contributed by atoms with Crippen LogP contribution < -0.4 is 5.32 Å². The van der Waals surface area contributed by atoms with E-state index in [1.165, 1.54) is 11.1 Å². The highest BCUT2D eigenvalue weighted by molar-refractivity contribution is 5.28. The summed E-state index contributed by atoms with van der Waals surface area (Å²) >= 11 is 0. The van der Waals surface area contributed by atoms with E-state index >= 15 is 0 Å². The highest BCUT2D eigenvalue weighted by atomic mass is 15.2. The van der Waals surface area contributed by atoms with Gasteiger partial charge in [0.2, 0.25) is 0 Å². The third kappa shape index (κ3) is 5.17. The largest absolute Gasteiger partial charge is 0.306 e. The first-order valence-electron chi connectivity index (χ1n) is 9.55. The predicted octanol–water partition coefficient (Wildman–Crippen LogP) is 5.59. The van der Waals surface area contributed by atoms with Crippen LogP contribution in [0, 0.1) is 0 Å². The van der Waals surface area contributed by atoms with Crippen LogP contribution >= 0.6 is 0 Å². The van der Waals surface area contributed by atoms with Gasteiger partial charge in [-0.2, -0.15) is 0 Å². The Kier molecular flexibility index (Phi) is 7.22. The lowest BCUT2D eigenvalue weighted by atomic mass is 9.89. The summed E-state index contributed by atoms with van der Waals surface area (Å²) < 4.78 is 0. The van der Waals surface area contributed by atoms with Gasteiger partial charge in [-0.1, -0.05) is 74.5 Å². The molecule has 2 aromatic rings. The number of benzene rings is 2. The molecule has 25 heavy (non-hydrogen) atoms. The monoisotopic (exact) mass is 338 g/mol. The second-order valence-corrected chi connectivity index (χ2v) is 7.70. The SMILES string of the molecule is CC(C)NC(c1ccccc1)C(c1ccccc1)N(C(C)C)C(C)C. The Hall–Kier alpha value is -1.64. The fraction of sp³-hybridized carbons (Fsp3) is 0.478. The topological polar surface area (TPSA) is 15.3 Å². The lowest BCUT2D eigenvalue weighted by Gasteiger charge is -2.43. The molecule has 0 aromatic heterocycles. The molecule has 2 nitrogen and oxygen atoms in total. The number of nitrogens with zero attached hydrogens (tertiary/aromatic N) is 1. The van der Waals surface area contributed by atoms with E-state index in [0.29, 0.717) is 18.1 Å². The van der Waals surface area contributed by atoms with E-state index in [1.807, 2.05) is 0 Å². The lowest BCUT2D eigenvalue weighted by molar-refractivity contribution is 0.0818. The summed E-state index contributed by atoms with van der Waals surface area (Å²) in [6.07, 6.45) is 0. The summed E-state index contributed by atoms with van der Waals surface area (Å²) in [6.45, 7) is 13.7. The molecule has 0 saturated heterocycles. The molecule has 2 aromatic carbocycles. The molecule has 0 aliphatic carbocycles. The molecule has 2 rings (SSSR count). The fourth-order valence-corrected chi connectivity index (χ4v) is 3.81. The Morgan fingerprint density at radius 3 is 1.48 bits per heavy atom. The van der Waals surface area contributed by atoms with Crippen LogP contribution in [0.3, 0.4) is 0 Å². The third-order valence-corrected chi connectivity index (χ3v) is 4.64.